The Balaban J connectivity index is 1.97. The van der Waals surface area contributed by atoms with Gasteiger partial charge in [-0.3, -0.25) is 4.68 Å². The monoisotopic (exact) mass is 216 g/mol. The lowest BCUT2D eigenvalue weighted by Gasteiger charge is -2.01. The second-order valence-corrected chi connectivity index (χ2v) is 3.53. The third kappa shape index (κ3) is 2.48. The minimum Gasteiger partial charge on any atom is -0.478 e. The first kappa shape index (κ1) is 10.4. The lowest BCUT2D eigenvalue weighted by molar-refractivity contribution is 0.0697. The quantitative estimate of drug-likeness (QED) is 0.848. The van der Waals surface area contributed by atoms with Crippen LogP contribution in [0.1, 0.15) is 15.9 Å². The van der Waals surface area contributed by atoms with E-state index in [1.165, 1.54) is 11.8 Å². The highest BCUT2D eigenvalue weighted by Gasteiger charge is 2.05. The second kappa shape index (κ2) is 4.61. The van der Waals surface area contributed by atoms with Gasteiger partial charge < -0.3 is 5.11 Å². The van der Waals surface area contributed by atoms with Crippen molar-refractivity contribution in [1.29, 1.82) is 0 Å². The van der Waals surface area contributed by atoms with E-state index in [2.05, 4.69) is 5.10 Å². The van der Waals surface area contributed by atoms with E-state index in [1.54, 1.807) is 10.9 Å². The molecule has 0 atom stereocenters. The van der Waals surface area contributed by atoms with Crippen molar-refractivity contribution in [2.75, 3.05) is 0 Å². The molecule has 16 heavy (non-hydrogen) atoms. The van der Waals surface area contributed by atoms with Crippen LogP contribution < -0.4 is 0 Å². The van der Waals surface area contributed by atoms with E-state index in [0.29, 0.717) is 6.54 Å². The molecular weight excluding hydrogens is 204 g/mol. The average Bonchev–Trinajstić information content (AvgIpc) is 2.76. The van der Waals surface area contributed by atoms with Crippen LogP contribution in [0.25, 0.3) is 0 Å². The summed E-state index contributed by atoms with van der Waals surface area (Å²) in [5, 5.41) is 12.7. The van der Waals surface area contributed by atoms with Crippen molar-refractivity contribution in [3.05, 3.63) is 53.9 Å². The van der Waals surface area contributed by atoms with Crippen molar-refractivity contribution in [3.63, 3.8) is 0 Å². The molecule has 0 amide bonds. The lowest BCUT2D eigenvalue weighted by atomic mass is 10.1. The molecule has 0 bridgehead atoms. The number of aromatic carboxylic acids is 1. The Bertz CT molecular complexity index is 477. The smallest absolute Gasteiger partial charge is 0.338 e. The van der Waals surface area contributed by atoms with Crippen LogP contribution in [0.3, 0.4) is 0 Å². The van der Waals surface area contributed by atoms with Gasteiger partial charge in [-0.05, 0) is 12.0 Å². The van der Waals surface area contributed by atoms with Gasteiger partial charge in [-0.15, -0.1) is 0 Å². The molecule has 82 valence electrons. The highest BCUT2D eigenvalue weighted by atomic mass is 16.4. The number of carboxylic acid groups (broad SMARTS) is 1. The van der Waals surface area contributed by atoms with Gasteiger partial charge in [-0.1, -0.05) is 30.3 Å². The lowest BCUT2D eigenvalue weighted by Crippen LogP contribution is -2.01. The summed E-state index contributed by atoms with van der Waals surface area (Å²) in [6.45, 7) is 0.692. The normalized spacial score (nSPS) is 10.2. The highest BCUT2D eigenvalue weighted by Crippen LogP contribution is 2.03. The fourth-order valence-electron chi connectivity index (χ4n) is 1.48. The topological polar surface area (TPSA) is 55.1 Å². The van der Waals surface area contributed by atoms with Crippen molar-refractivity contribution in [3.8, 4) is 0 Å². The van der Waals surface area contributed by atoms with Gasteiger partial charge in [-0.2, -0.15) is 5.10 Å². The molecule has 0 aliphatic rings. The van der Waals surface area contributed by atoms with Crippen molar-refractivity contribution in [2.24, 2.45) is 0 Å². The van der Waals surface area contributed by atoms with Crippen LogP contribution in [-0.2, 0) is 13.0 Å². The molecule has 4 nitrogen and oxygen atoms in total. The molecule has 1 aromatic heterocycles. The molecule has 2 rings (SSSR count). The standard InChI is InChI=1S/C12H12N2O2/c15-12(16)11-8-13-14(9-11)7-6-10-4-2-1-3-5-10/h1-5,8-9H,6-7H2,(H,15,16). The molecule has 0 fully saturated rings. The van der Waals surface area contributed by atoms with E-state index in [1.807, 2.05) is 30.3 Å². The first-order chi connectivity index (χ1) is 7.75. The van der Waals surface area contributed by atoms with E-state index < -0.39 is 5.97 Å². The Morgan fingerprint density at radius 3 is 2.69 bits per heavy atom. The number of hydrogen-bond donors (Lipinski definition) is 1. The first-order valence-corrected chi connectivity index (χ1v) is 5.05. The molecule has 0 saturated carbocycles. The summed E-state index contributed by atoms with van der Waals surface area (Å²) in [6, 6.07) is 10.0. The molecule has 2 aromatic rings. The van der Waals surface area contributed by atoms with Gasteiger partial charge in [0.25, 0.3) is 0 Å². The van der Waals surface area contributed by atoms with E-state index >= 15 is 0 Å². The van der Waals surface area contributed by atoms with Crippen LogP contribution in [0.4, 0.5) is 0 Å². The van der Waals surface area contributed by atoms with Gasteiger partial charge in [0.15, 0.2) is 0 Å². The molecular formula is C12H12N2O2. The van der Waals surface area contributed by atoms with Gasteiger partial charge in [0.05, 0.1) is 11.8 Å². The summed E-state index contributed by atoms with van der Waals surface area (Å²) in [5.74, 6) is -0.939. The minimum atomic E-state index is -0.939. The Morgan fingerprint density at radius 1 is 1.31 bits per heavy atom. The number of rotatable bonds is 4. The molecule has 0 aliphatic heterocycles. The van der Waals surface area contributed by atoms with Crippen LogP contribution >= 0.6 is 0 Å². The molecule has 0 radical (unpaired) electrons. The van der Waals surface area contributed by atoms with E-state index in [4.69, 9.17) is 5.11 Å². The molecule has 1 aromatic carbocycles. The summed E-state index contributed by atoms with van der Waals surface area (Å²) in [5.41, 5.74) is 1.45. The van der Waals surface area contributed by atoms with Gasteiger partial charge in [-0.25, -0.2) is 4.79 Å². The fourth-order valence-corrected chi connectivity index (χ4v) is 1.48. The average molecular weight is 216 g/mol. The predicted molar refractivity (Wildman–Crippen MR) is 59.3 cm³/mol. The third-order valence-electron chi connectivity index (χ3n) is 2.35. The zero-order valence-electron chi connectivity index (χ0n) is 8.71. The van der Waals surface area contributed by atoms with Crippen LogP contribution in [0.15, 0.2) is 42.7 Å². The maximum absolute atomic E-state index is 10.6. The van der Waals surface area contributed by atoms with Crippen molar-refractivity contribution >= 4 is 5.97 Å². The summed E-state index contributed by atoms with van der Waals surface area (Å²) >= 11 is 0. The highest BCUT2D eigenvalue weighted by molar-refractivity contribution is 5.86. The number of carboxylic acids is 1. The van der Waals surface area contributed by atoms with Gasteiger partial charge in [0.1, 0.15) is 0 Å². The van der Waals surface area contributed by atoms with Crippen LogP contribution in [0.5, 0.6) is 0 Å². The Hall–Kier alpha value is -2.10. The summed E-state index contributed by atoms with van der Waals surface area (Å²) in [7, 11) is 0. The van der Waals surface area contributed by atoms with Crippen LogP contribution in [-0.4, -0.2) is 20.9 Å². The molecule has 0 aliphatic carbocycles. The van der Waals surface area contributed by atoms with Crippen molar-refractivity contribution in [2.45, 2.75) is 13.0 Å². The Kier molecular flexibility index (Phi) is 3.00. The van der Waals surface area contributed by atoms with Crippen LogP contribution in [0.2, 0.25) is 0 Å². The molecule has 1 N–H and O–H groups in total. The second-order valence-electron chi connectivity index (χ2n) is 3.53. The predicted octanol–water partition coefficient (Wildman–Crippen LogP) is 1.82. The first-order valence-electron chi connectivity index (χ1n) is 5.05. The Morgan fingerprint density at radius 2 is 2.06 bits per heavy atom. The van der Waals surface area contributed by atoms with Crippen molar-refractivity contribution < 1.29 is 9.90 Å². The van der Waals surface area contributed by atoms with Crippen LogP contribution in [0, 0.1) is 0 Å². The van der Waals surface area contributed by atoms with E-state index in [-0.39, 0.29) is 5.56 Å². The van der Waals surface area contributed by atoms with Gasteiger partial charge in [0.2, 0.25) is 0 Å². The number of aryl methyl sites for hydroxylation is 2. The van der Waals surface area contributed by atoms with Gasteiger partial charge >= 0.3 is 5.97 Å². The fraction of sp³-hybridized carbons (Fsp3) is 0.167. The van der Waals surface area contributed by atoms with Crippen molar-refractivity contribution in [1.82, 2.24) is 9.78 Å². The zero-order valence-corrected chi connectivity index (χ0v) is 8.71. The molecule has 0 spiro atoms. The maximum Gasteiger partial charge on any atom is 0.338 e. The number of aromatic nitrogens is 2. The SMILES string of the molecule is O=C(O)c1cnn(CCc2ccccc2)c1. The Labute approximate surface area is 93.1 Å². The van der Waals surface area contributed by atoms with Gasteiger partial charge in [0, 0.05) is 12.7 Å². The minimum absolute atomic E-state index is 0.230. The molecule has 4 heteroatoms. The zero-order chi connectivity index (χ0) is 11.4. The van der Waals surface area contributed by atoms with E-state index in [9.17, 15) is 4.79 Å². The van der Waals surface area contributed by atoms with E-state index in [0.717, 1.165) is 6.42 Å². The molecule has 0 unspecified atom stereocenters. The number of benzene rings is 1. The number of nitrogens with zero attached hydrogens (tertiary/aromatic N) is 2. The summed E-state index contributed by atoms with van der Waals surface area (Å²) in [4.78, 5) is 10.6. The number of carbonyl (C=O) groups is 1. The largest absolute Gasteiger partial charge is 0.478 e. The molecule has 1 heterocycles. The summed E-state index contributed by atoms with van der Waals surface area (Å²) in [6.07, 6.45) is 3.76. The maximum atomic E-state index is 10.6. The molecule has 0 saturated heterocycles. The third-order valence-corrected chi connectivity index (χ3v) is 2.35. The summed E-state index contributed by atoms with van der Waals surface area (Å²) < 4.78 is 1.65. The number of hydrogen-bond acceptors (Lipinski definition) is 2.